The number of rotatable bonds is 2. The van der Waals surface area contributed by atoms with Crippen molar-refractivity contribution in [1.29, 1.82) is 0 Å². The summed E-state index contributed by atoms with van der Waals surface area (Å²) in [5, 5.41) is 3.46. The van der Waals surface area contributed by atoms with Gasteiger partial charge in [-0.05, 0) is 26.3 Å². The minimum Gasteiger partial charge on any atom is -0.312 e. The Bertz CT molecular complexity index is 385. The van der Waals surface area contributed by atoms with E-state index in [0.717, 1.165) is 18.8 Å². The molecule has 1 aliphatic heterocycles. The average Bonchev–Trinajstić information content (AvgIpc) is 2.47. The quantitative estimate of drug-likeness (QED) is 0.776. The summed E-state index contributed by atoms with van der Waals surface area (Å²) in [6.45, 7) is 3.89. The fraction of sp³-hybridized carbons (Fsp3) is 0.727. The standard InChI is InChI=1S/C11H19N3O/c1-9-7-13(2)11(15)14(9)8-10-5-3-4-6-12-10/h7,10,12H,3-6,8H2,1-2H3. The lowest BCUT2D eigenvalue weighted by Crippen LogP contribution is -2.40. The zero-order chi connectivity index (χ0) is 10.8. The Hall–Kier alpha value is -1.03. The molecule has 0 aromatic carbocycles. The van der Waals surface area contributed by atoms with Gasteiger partial charge in [-0.2, -0.15) is 0 Å². The lowest BCUT2D eigenvalue weighted by molar-refractivity contribution is 0.357. The topological polar surface area (TPSA) is 39.0 Å². The van der Waals surface area contributed by atoms with Crippen molar-refractivity contribution in [2.45, 2.75) is 38.8 Å². The summed E-state index contributed by atoms with van der Waals surface area (Å²) in [5.41, 5.74) is 1.15. The van der Waals surface area contributed by atoms with Crippen LogP contribution in [0.3, 0.4) is 0 Å². The minimum absolute atomic E-state index is 0.0971. The predicted octanol–water partition coefficient (Wildman–Crippen LogP) is 0.637. The molecule has 0 spiro atoms. The molecule has 1 aromatic heterocycles. The fourth-order valence-corrected chi connectivity index (χ4v) is 2.27. The Morgan fingerprint density at radius 3 is 2.87 bits per heavy atom. The third-order valence-corrected chi connectivity index (χ3v) is 3.15. The molecule has 0 radical (unpaired) electrons. The van der Waals surface area contributed by atoms with Crippen LogP contribution in [0.2, 0.25) is 0 Å². The molecule has 1 fully saturated rings. The summed E-state index contributed by atoms with van der Waals surface area (Å²) in [7, 11) is 1.81. The van der Waals surface area contributed by atoms with Crippen LogP contribution in [0.15, 0.2) is 11.0 Å². The van der Waals surface area contributed by atoms with Crippen molar-refractivity contribution in [2.24, 2.45) is 7.05 Å². The van der Waals surface area contributed by atoms with Gasteiger partial charge in [-0.15, -0.1) is 0 Å². The first kappa shape index (κ1) is 10.5. The molecule has 15 heavy (non-hydrogen) atoms. The lowest BCUT2D eigenvalue weighted by atomic mass is 10.1. The monoisotopic (exact) mass is 209 g/mol. The van der Waals surface area contributed by atoms with Crippen LogP contribution in [0.1, 0.15) is 25.0 Å². The number of imidazole rings is 1. The van der Waals surface area contributed by atoms with Gasteiger partial charge >= 0.3 is 5.69 Å². The fourth-order valence-electron chi connectivity index (χ4n) is 2.27. The first-order valence-corrected chi connectivity index (χ1v) is 5.64. The smallest absolute Gasteiger partial charge is 0.312 e. The molecule has 0 bridgehead atoms. The second-order valence-corrected chi connectivity index (χ2v) is 4.42. The van der Waals surface area contributed by atoms with E-state index in [0.29, 0.717) is 6.04 Å². The van der Waals surface area contributed by atoms with Gasteiger partial charge in [0.1, 0.15) is 0 Å². The lowest BCUT2D eigenvalue weighted by Gasteiger charge is -2.23. The number of aryl methyl sites for hydroxylation is 2. The second kappa shape index (κ2) is 4.23. The highest BCUT2D eigenvalue weighted by Crippen LogP contribution is 2.09. The van der Waals surface area contributed by atoms with Crippen molar-refractivity contribution >= 4 is 0 Å². The number of nitrogens with zero attached hydrogens (tertiary/aromatic N) is 2. The van der Waals surface area contributed by atoms with Gasteiger partial charge in [-0.1, -0.05) is 6.42 Å². The number of piperidine rings is 1. The van der Waals surface area contributed by atoms with E-state index in [9.17, 15) is 4.79 Å². The largest absolute Gasteiger partial charge is 0.328 e. The van der Waals surface area contributed by atoms with E-state index in [1.54, 1.807) is 11.6 Å². The van der Waals surface area contributed by atoms with Crippen LogP contribution in [0.25, 0.3) is 0 Å². The average molecular weight is 209 g/mol. The van der Waals surface area contributed by atoms with Crippen LogP contribution in [0.5, 0.6) is 0 Å². The van der Waals surface area contributed by atoms with Crippen LogP contribution >= 0.6 is 0 Å². The zero-order valence-corrected chi connectivity index (χ0v) is 9.49. The van der Waals surface area contributed by atoms with Crippen molar-refractivity contribution < 1.29 is 0 Å². The number of hydrogen-bond acceptors (Lipinski definition) is 2. The highest BCUT2D eigenvalue weighted by Gasteiger charge is 2.15. The van der Waals surface area contributed by atoms with Gasteiger partial charge in [0.2, 0.25) is 0 Å². The third-order valence-electron chi connectivity index (χ3n) is 3.15. The molecule has 1 saturated heterocycles. The molecule has 1 N–H and O–H groups in total. The molecule has 2 rings (SSSR count). The van der Waals surface area contributed by atoms with Crippen molar-refractivity contribution in [3.63, 3.8) is 0 Å². The van der Waals surface area contributed by atoms with Crippen LogP contribution in [-0.4, -0.2) is 21.7 Å². The highest BCUT2D eigenvalue weighted by molar-refractivity contribution is 4.97. The highest BCUT2D eigenvalue weighted by atomic mass is 16.1. The van der Waals surface area contributed by atoms with E-state index < -0.39 is 0 Å². The van der Waals surface area contributed by atoms with Crippen LogP contribution in [0.4, 0.5) is 0 Å². The van der Waals surface area contributed by atoms with E-state index in [1.807, 2.05) is 17.7 Å². The molecule has 4 heteroatoms. The maximum Gasteiger partial charge on any atom is 0.328 e. The molecular weight excluding hydrogens is 190 g/mol. The van der Waals surface area contributed by atoms with Gasteiger partial charge in [0, 0.05) is 31.5 Å². The molecule has 1 aliphatic rings. The number of hydrogen-bond donors (Lipinski definition) is 1. The summed E-state index contributed by atoms with van der Waals surface area (Å²) in [4.78, 5) is 11.8. The van der Waals surface area contributed by atoms with Crippen molar-refractivity contribution in [1.82, 2.24) is 14.5 Å². The molecule has 1 atom stereocenters. The van der Waals surface area contributed by atoms with Gasteiger partial charge in [0.15, 0.2) is 0 Å². The number of aromatic nitrogens is 2. The summed E-state index contributed by atoms with van der Waals surface area (Å²) in [6.07, 6.45) is 5.61. The van der Waals surface area contributed by atoms with Gasteiger partial charge in [-0.3, -0.25) is 4.57 Å². The molecule has 0 amide bonds. The molecule has 0 aliphatic carbocycles. The molecule has 4 nitrogen and oxygen atoms in total. The molecular formula is C11H19N3O. The van der Waals surface area contributed by atoms with Gasteiger partial charge in [0.25, 0.3) is 0 Å². The Kier molecular flexibility index (Phi) is 2.95. The SMILES string of the molecule is Cc1cn(C)c(=O)n1CC1CCCCN1. The first-order chi connectivity index (χ1) is 7.18. The predicted molar refractivity (Wildman–Crippen MR) is 60.1 cm³/mol. The summed E-state index contributed by atoms with van der Waals surface area (Å²) in [5.74, 6) is 0. The second-order valence-electron chi connectivity index (χ2n) is 4.42. The Morgan fingerprint density at radius 1 is 1.53 bits per heavy atom. The van der Waals surface area contributed by atoms with Crippen molar-refractivity contribution in [3.8, 4) is 0 Å². The normalized spacial score (nSPS) is 21.9. The number of nitrogens with one attached hydrogen (secondary N) is 1. The van der Waals surface area contributed by atoms with Crippen LogP contribution < -0.4 is 11.0 Å². The van der Waals surface area contributed by atoms with E-state index in [4.69, 9.17) is 0 Å². The summed E-state index contributed by atoms with van der Waals surface area (Å²) < 4.78 is 3.52. The molecule has 1 unspecified atom stereocenters. The molecule has 1 aromatic rings. The van der Waals surface area contributed by atoms with Crippen molar-refractivity contribution in [3.05, 3.63) is 22.4 Å². The van der Waals surface area contributed by atoms with E-state index >= 15 is 0 Å². The maximum absolute atomic E-state index is 11.8. The Morgan fingerprint density at radius 2 is 2.33 bits per heavy atom. The molecule has 2 heterocycles. The first-order valence-electron chi connectivity index (χ1n) is 5.64. The van der Waals surface area contributed by atoms with Crippen molar-refractivity contribution in [2.75, 3.05) is 6.54 Å². The Labute approximate surface area is 89.9 Å². The van der Waals surface area contributed by atoms with Crippen LogP contribution in [0, 0.1) is 6.92 Å². The van der Waals surface area contributed by atoms with Gasteiger partial charge in [0.05, 0.1) is 0 Å². The molecule has 0 saturated carbocycles. The third kappa shape index (κ3) is 2.15. The van der Waals surface area contributed by atoms with E-state index in [-0.39, 0.29) is 5.69 Å². The molecule has 84 valence electrons. The van der Waals surface area contributed by atoms with Gasteiger partial charge in [-0.25, -0.2) is 4.79 Å². The minimum atomic E-state index is 0.0971. The van der Waals surface area contributed by atoms with E-state index in [2.05, 4.69) is 5.32 Å². The van der Waals surface area contributed by atoms with Crippen LogP contribution in [-0.2, 0) is 13.6 Å². The summed E-state index contributed by atoms with van der Waals surface area (Å²) >= 11 is 0. The Balaban J connectivity index is 2.12. The zero-order valence-electron chi connectivity index (χ0n) is 9.49. The maximum atomic E-state index is 11.8. The van der Waals surface area contributed by atoms with Gasteiger partial charge < -0.3 is 9.88 Å². The summed E-state index contributed by atoms with van der Waals surface area (Å²) in [6, 6.07) is 0.470. The van der Waals surface area contributed by atoms with E-state index in [1.165, 1.54) is 19.3 Å².